The van der Waals surface area contributed by atoms with Crippen LogP contribution in [0.5, 0.6) is 0 Å². The maximum atomic E-state index is 13.3. The molecule has 0 bridgehead atoms. The predicted octanol–water partition coefficient (Wildman–Crippen LogP) is 2.87. The van der Waals surface area contributed by atoms with Crippen LogP contribution in [-0.2, 0) is 16.0 Å². The molecule has 1 amide bonds. The maximum absolute atomic E-state index is 13.3. The number of halogens is 1. The third kappa shape index (κ3) is 5.17. The molecule has 1 aromatic heterocycles. The second-order valence-corrected chi connectivity index (χ2v) is 5.26. The predicted molar refractivity (Wildman–Crippen MR) is 84.5 cm³/mol. The van der Waals surface area contributed by atoms with Crippen molar-refractivity contribution in [2.75, 3.05) is 20.3 Å². The summed E-state index contributed by atoms with van der Waals surface area (Å²) in [6.45, 7) is 3.04. The highest BCUT2D eigenvalue weighted by Crippen LogP contribution is 2.22. The molecule has 0 radical (unpaired) electrons. The molecule has 6 heteroatoms. The number of oxazole rings is 1. The lowest BCUT2D eigenvalue weighted by atomic mass is 10.2. The molecule has 2 aromatic rings. The van der Waals surface area contributed by atoms with Crippen molar-refractivity contribution >= 4 is 5.91 Å². The van der Waals surface area contributed by atoms with E-state index in [1.807, 2.05) is 0 Å². The van der Waals surface area contributed by atoms with Crippen LogP contribution in [0, 0.1) is 12.7 Å². The smallest absolute Gasteiger partial charge is 0.226 e. The first-order valence-corrected chi connectivity index (χ1v) is 7.58. The molecule has 23 heavy (non-hydrogen) atoms. The van der Waals surface area contributed by atoms with Crippen LogP contribution in [-0.4, -0.2) is 31.2 Å². The van der Waals surface area contributed by atoms with Crippen LogP contribution in [0.3, 0.4) is 0 Å². The minimum atomic E-state index is -0.353. The zero-order valence-electron chi connectivity index (χ0n) is 13.4. The molecule has 0 aliphatic carbocycles. The average Bonchev–Trinajstić information content (AvgIpc) is 2.88. The van der Waals surface area contributed by atoms with Crippen LogP contribution in [0.15, 0.2) is 28.7 Å². The Labute approximate surface area is 134 Å². The second kappa shape index (κ2) is 8.43. The zero-order chi connectivity index (χ0) is 16.7. The van der Waals surface area contributed by atoms with Gasteiger partial charge in [0, 0.05) is 25.8 Å². The molecule has 0 atom stereocenters. The SMILES string of the molecule is COCCCCNC(=O)Cc1nc(-c2cccc(F)c2)oc1C. The number of unbranched alkanes of at least 4 members (excludes halogenated alkanes) is 1. The van der Waals surface area contributed by atoms with E-state index < -0.39 is 0 Å². The zero-order valence-corrected chi connectivity index (χ0v) is 13.4. The van der Waals surface area contributed by atoms with Crippen molar-refractivity contribution in [3.8, 4) is 11.5 Å². The van der Waals surface area contributed by atoms with Crippen molar-refractivity contribution < 1.29 is 18.3 Å². The molecular formula is C17H21FN2O3. The van der Waals surface area contributed by atoms with Crippen LogP contribution < -0.4 is 5.32 Å². The molecular weight excluding hydrogens is 299 g/mol. The molecule has 2 rings (SSSR count). The van der Waals surface area contributed by atoms with E-state index in [1.165, 1.54) is 12.1 Å². The van der Waals surface area contributed by atoms with Gasteiger partial charge in [0.2, 0.25) is 11.8 Å². The number of aryl methyl sites for hydroxylation is 1. The highest BCUT2D eigenvalue weighted by atomic mass is 19.1. The van der Waals surface area contributed by atoms with Crippen LogP contribution in [0.1, 0.15) is 24.3 Å². The van der Waals surface area contributed by atoms with Crippen LogP contribution in [0.25, 0.3) is 11.5 Å². The molecule has 0 saturated heterocycles. The molecule has 0 unspecified atom stereocenters. The van der Waals surface area contributed by atoms with E-state index in [9.17, 15) is 9.18 Å². The summed E-state index contributed by atoms with van der Waals surface area (Å²) >= 11 is 0. The lowest BCUT2D eigenvalue weighted by Crippen LogP contribution is -2.26. The van der Waals surface area contributed by atoms with E-state index >= 15 is 0 Å². The Morgan fingerprint density at radius 2 is 2.22 bits per heavy atom. The standard InChI is InChI=1S/C17H21FN2O3/c1-12-15(11-16(21)19-8-3-4-9-22-2)20-17(23-12)13-6-5-7-14(18)10-13/h5-7,10H,3-4,8-9,11H2,1-2H3,(H,19,21). The number of carbonyl (C=O) groups is 1. The van der Waals surface area contributed by atoms with Gasteiger partial charge in [0.05, 0.1) is 12.1 Å². The van der Waals surface area contributed by atoms with Crippen molar-refractivity contribution in [2.45, 2.75) is 26.2 Å². The summed E-state index contributed by atoms with van der Waals surface area (Å²) in [7, 11) is 1.65. The Hall–Kier alpha value is -2.21. The topological polar surface area (TPSA) is 64.4 Å². The fourth-order valence-corrected chi connectivity index (χ4v) is 2.15. The molecule has 0 fully saturated rings. The van der Waals surface area contributed by atoms with Gasteiger partial charge in [-0.25, -0.2) is 9.37 Å². The number of benzene rings is 1. The number of ether oxygens (including phenoxy) is 1. The van der Waals surface area contributed by atoms with Gasteiger partial charge in [-0.3, -0.25) is 4.79 Å². The van der Waals surface area contributed by atoms with Gasteiger partial charge in [-0.15, -0.1) is 0 Å². The summed E-state index contributed by atoms with van der Waals surface area (Å²) in [4.78, 5) is 16.2. The monoisotopic (exact) mass is 320 g/mol. The number of hydrogen-bond donors (Lipinski definition) is 1. The Kier molecular flexibility index (Phi) is 6.29. The van der Waals surface area contributed by atoms with Crippen molar-refractivity contribution in [3.05, 3.63) is 41.5 Å². The van der Waals surface area contributed by atoms with Crippen LogP contribution >= 0.6 is 0 Å². The summed E-state index contributed by atoms with van der Waals surface area (Å²) < 4.78 is 23.7. The Balaban J connectivity index is 1.92. The molecule has 124 valence electrons. The minimum Gasteiger partial charge on any atom is -0.441 e. The van der Waals surface area contributed by atoms with Crippen molar-refractivity contribution in [1.82, 2.24) is 10.3 Å². The highest BCUT2D eigenvalue weighted by Gasteiger charge is 2.14. The van der Waals surface area contributed by atoms with Crippen molar-refractivity contribution in [1.29, 1.82) is 0 Å². The van der Waals surface area contributed by atoms with Crippen molar-refractivity contribution in [3.63, 3.8) is 0 Å². The lowest BCUT2D eigenvalue weighted by molar-refractivity contribution is -0.120. The van der Waals surface area contributed by atoms with Crippen molar-refractivity contribution in [2.24, 2.45) is 0 Å². The highest BCUT2D eigenvalue weighted by molar-refractivity contribution is 5.78. The lowest BCUT2D eigenvalue weighted by Gasteiger charge is -2.03. The fraction of sp³-hybridized carbons (Fsp3) is 0.412. The average molecular weight is 320 g/mol. The van der Waals surface area contributed by atoms with Gasteiger partial charge in [-0.2, -0.15) is 0 Å². The van der Waals surface area contributed by atoms with E-state index in [-0.39, 0.29) is 18.1 Å². The van der Waals surface area contributed by atoms with Gasteiger partial charge in [-0.1, -0.05) is 6.07 Å². The van der Waals surface area contributed by atoms with E-state index in [0.29, 0.717) is 36.1 Å². The third-order valence-electron chi connectivity index (χ3n) is 3.39. The van der Waals surface area contributed by atoms with Gasteiger partial charge < -0.3 is 14.5 Å². The Bertz CT molecular complexity index is 655. The third-order valence-corrected chi connectivity index (χ3v) is 3.39. The molecule has 1 aromatic carbocycles. The molecule has 0 spiro atoms. The molecule has 5 nitrogen and oxygen atoms in total. The first kappa shape index (κ1) is 17.1. The van der Waals surface area contributed by atoms with Gasteiger partial charge >= 0.3 is 0 Å². The number of rotatable bonds is 8. The summed E-state index contributed by atoms with van der Waals surface area (Å²) in [5.41, 5.74) is 1.12. The molecule has 0 saturated carbocycles. The first-order chi connectivity index (χ1) is 11.1. The van der Waals surface area contributed by atoms with E-state index in [2.05, 4.69) is 10.3 Å². The number of carbonyl (C=O) groups excluding carboxylic acids is 1. The Morgan fingerprint density at radius 3 is 2.96 bits per heavy atom. The van der Waals surface area contributed by atoms with Crippen LogP contribution in [0.4, 0.5) is 4.39 Å². The quantitative estimate of drug-likeness (QED) is 0.760. The van der Waals surface area contributed by atoms with E-state index in [1.54, 1.807) is 26.2 Å². The largest absolute Gasteiger partial charge is 0.441 e. The summed E-state index contributed by atoms with van der Waals surface area (Å²) in [5.74, 6) is 0.432. The molecule has 0 aliphatic heterocycles. The first-order valence-electron chi connectivity index (χ1n) is 7.58. The van der Waals surface area contributed by atoms with Gasteiger partial charge in [0.15, 0.2) is 0 Å². The summed E-state index contributed by atoms with van der Waals surface area (Å²) in [6.07, 6.45) is 1.92. The molecule has 1 N–H and O–H groups in total. The van der Waals surface area contributed by atoms with Gasteiger partial charge in [-0.05, 0) is 38.0 Å². The molecule has 0 aliphatic rings. The number of amides is 1. The minimum absolute atomic E-state index is 0.107. The van der Waals surface area contributed by atoms with E-state index in [4.69, 9.17) is 9.15 Å². The van der Waals surface area contributed by atoms with Crippen LogP contribution in [0.2, 0.25) is 0 Å². The second-order valence-electron chi connectivity index (χ2n) is 5.26. The van der Waals surface area contributed by atoms with Gasteiger partial charge in [0.25, 0.3) is 0 Å². The summed E-state index contributed by atoms with van der Waals surface area (Å²) in [6, 6.07) is 6.02. The number of nitrogens with one attached hydrogen (secondary N) is 1. The van der Waals surface area contributed by atoms with E-state index in [0.717, 1.165) is 12.8 Å². The van der Waals surface area contributed by atoms with Gasteiger partial charge in [0.1, 0.15) is 11.6 Å². The normalized spacial score (nSPS) is 10.7. The molecule has 1 heterocycles. The number of methoxy groups -OCH3 is 1. The maximum Gasteiger partial charge on any atom is 0.226 e. The number of hydrogen-bond acceptors (Lipinski definition) is 4. The Morgan fingerprint density at radius 1 is 1.39 bits per heavy atom. The summed E-state index contributed by atoms with van der Waals surface area (Å²) in [5, 5.41) is 2.84. The number of aromatic nitrogens is 1. The number of nitrogens with zero attached hydrogens (tertiary/aromatic N) is 1. The fourth-order valence-electron chi connectivity index (χ4n) is 2.15.